The normalized spacial score (nSPS) is 16.8. The molecule has 0 bridgehead atoms. The molecule has 4 rings (SSSR count). The highest BCUT2D eigenvalue weighted by atomic mass is 16.3. The summed E-state index contributed by atoms with van der Waals surface area (Å²) >= 11 is 0. The first-order valence-electron chi connectivity index (χ1n) is 7.54. The first-order chi connectivity index (χ1) is 11.2. The zero-order valence-corrected chi connectivity index (χ0v) is 12.7. The van der Waals surface area contributed by atoms with E-state index < -0.39 is 0 Å². The molecule has 2 heterocycles. The lowest BCUT2D eigenvalue weighted by molar-refractivity contribution is 0.0971. The molecule has 1 N–H and O–H groups in total. The predicted molar refractivity (Wildman–Crippen MR) is 89.5 cm³/mol. The van der Waals surface area contributed by atoms with Gasteiger partial charge in [-0.1, -0.05) is 30.3 Å². The van der Waals surface area contributed by atoms with Crippen molar-refractivity contribution >= 4 is 17.3 Å². The van der Waals surface area contributed by atoms with E-state index in [9.17, 15) is 4.79 Å². The number of anilines is 2. The summed E-state index contributed by atoms with van der Waals surface area (Å²) in [7, 11) is 0. The molecule has 1 aromatic heterocycles. The van der Waals surface area contributed by atoms with Gasteiger partial charge in [-0.15, -0.1) is 0 Å². The minimum Gasteiger partial charge on any atom is -0.462 e. The third-order valence-electron chi connectivity index (χ3n) is 3.99. The highest BCUT2D eigenvalue weighted by Crippen LogP contribution is 2.36. The van der Waals surface area contributed by atoms with Gasteiger partial charge in [-0.25, -0.2) is 0 Å². The summed E-state index contributed by atoms with van der Waals surface area (Å²) < 4.78 is 5.78. The smallest absolute Gasteiger partial charge is 0.262 e. The molecule has 3 aromatic rings. The number of hydrogen-bond donors (Lipinski definition) is 1. The number of furan rings is 1. The van der Waals surface area contributed by atoms with Crippen LogP contribution in [0.1, 0.15) is 28.0 Å². The first kappa shape index (κ1) is 13.6. The van der Waals surface area contributed by atoms with Crippen molar-refractivity contribution in [3.63, 3.8) is 0 Å². The topological polar surface area (TPSA) is 45.5 Å². The number of carbonyl (C=O) groups excluding carboxylic acids is 1. The molecule has 0 fully saturated rings. The van der Waals surface area contributed by atoms with E-state index in [1.54, 1.807) is 4.90 Å². The molecule has 1 amide bonds. The molecule has 0 aliphatic carbocycles. The fourth-order valence-electron chi connectivity index (χ4n) is 2.91. The Morgan fingerprint density at radius 3 is 2.43 bits per heavy atom. The van der Waals surface area contributed by atoms with Crippen LogP contribution in [0.2, 0.25) is 0 Å². The molecule has 1 atom stereocenters. The second kappa shape index (κ2) is 5.32. The van der Waals surface area contributed by atoms with Gasteiger partial charge in [0.1, 0.15) is 11.5 Å². The molecule has 0 saturated carbocycles. The van der Waals surface area contributed by atoms with Crippen molar-refractivity contribution in [1.82, 2.24) is 0 Å². The Morgan fingerprint density at radius 2 is 1.70 bits per heavy atom. The van der Waals surface area contributed by atoms with Crippen molar-refractivity contribution in [1.29, 1.82) is 0 Å². The Hall–Kier alpha value is -3.01. The molecule has 0 unspecified atom stereocenters. The number of benzene rings is 2. The zero-order valence-electron chi connectivity index (χ0n) is 12.7. The number of nitrogens with zero attached hydrogens (tertiary/aromatic N) is 1. The molecular weight excluding hydrogens is 288 g/mol. The lowest BCUT2D eigenvalue weighted by Crippen LogP contribution is -2.43. The largest absolute Gasteiger partial charge is 0.462 e. The van der Waals surface area contributed by atoms with E-state index >= 15 is 0 Å². The predicted octanol–water partition coefficient (Wildman–Crippen LogP) is 4.36. The van der Waals surface area contributed by atoms with Crippen LogP contribution in [-0.4, -0.2) is 5.91 Å². The maximum Gasteiger partial charge on any atom is 0.262 e. The van der Waals surface area contributed by atoms with Crippen LogP contribution in [0.5, 0.6) is 0 Å². The summed E-state index contributed by atoms with van der Waals surface area (Å²) in [6.45, 7) is 1.90. The SMILES string of the molecule is Cc1ccc([C@H]2Nc3ccccc3C(=O)N2c2ccccc2)o1. The molecule has 114 valence electrons. The monoisotopic (exact) mass is 304 g/mol. The Balaban J connectivity index is 1.86. The third-order valence-corrected chi connectivity index (χ3v) is 3.99. The summed E-state index contributed by atoms with van der Waals surface area (Å²) in [5, 5.41) is 3.42. The van der Waals surface area contributed by atoms with Crippen LogP contribution in [-0.2, 0) is 0 Å². The molecule has 1 aliphatic rings. The van der Waals surface area contributed by atoms with Gasteiger partial charge in [0.15, 0.2) is 6.17 Å². The van der Waals surface area contributed by atoms with Crippen LogP contribution in [0.4, 0.5) is 11.4 Å². The molecule has 2 aromatic carbocycles. The van der Waals surface area contributed by atoms with E-state index in [0.717, 1.165) is 17.1 Å². The molecule has 4 heteroatoms. The number of carbonyl (C=O) groups is 1. The number of hydrogen-bond acceptors (Lipinski definition) is 3. The molecule has 0 spiro atoms. The second-order valence-corrected chi connectivity index (χ2v) is 5.55. The van der Waals surface area contributed by atoms with Gasteiger partial charge in [-0.05, 0) is 43.3 Å². The van der Waals surface area contributed by atoms with Gasteiger partial charge in [-0.3, -0.25) is 9.69 Å². The number of aryl methyl sites for hydroxylation is 1. The number of para-hydroxylation sites is 2. The maximum absolute atomic E-state index is 13.1. The van der Waals surface area contributed by atoms with Gasteiger partial charge in [0.25, 0.3) is 5.91 Å². The van der Waals surface area contributed by atoms with Crippen molar-refractivity contribution in [2.45, 2.75) is 13.1 Å². The van der Waals surface area contributed by atoms with Gasteiger partial charge >= 0.3 is 0 Å². The van der Waals surface area contributed by atoms with Crippen LogP contribution in [0.15, 0.2) is 71.1 Å². The van der Waals surface area contributed by atoms with Gasteiger partial charge in [-0.2, -0.15) is 0 Å². The summed E-state index contributed by atoms with van der Waals surface area (Å²) in [5.74, 6) is 1.50. The Morgan fingerprint density at radius 1 is 0.957 bits per heavy atom. The molecule has 4 nitrogen and oxygen atoms in total. The van der Waals surface area contributed by atoms with Crippen molar-refractivity contribution in [2.24, 2.45) is 0 Å². The summed E-state index contributed by atoms with van der Waals surface area (Å²) in [6, 6.07) is 21.0. The lowest BCUT2D eigenvalue weighted by Gasteiger charge is -2.36. The van der Waals surface area contributed by atoms with Crippen molar-refractivity contribution in [3.05, 3.63) is 83.8 Å². The van der Waals surface area contributed by atoms with E-state index in [0.29, 0.717) is 11.3 Å². The third kappa shape index (κ3) is 2.28. The number of rotatable bonds is 2. The van der Waals surface area contributed by atoms with Crippen LogP contribution < -0.4 is 10.2 Å². The highest BCUT2D eigenvalue weighted by molar-refractivity contribution is 6.12. The second-order valence-electron chi connectivity index (χ2n) is 5.55. The average Bonchev–Trinajstić information content (AvgIpc) is 3.02. The minimum absolute atomic E-state index is 0.0374. The summed E-state index contributed by atoms with van der Waals surface area (Å²) in [5.41, 5.74) is 2.32. The Labute approximate surface area is 134 Å². The van der Waals surface area contributed by atoms with Crippen molar-refractivity contribution in [3.8, 4) is 0 Å². The number of fused-ring (bicyclic) bond motifs is 1. The van der Waals surface area contributed by atoms with E-state index in [1.807, 2.05) is 73.7 Å². The molecular formula is C19H16N2O2. The van der Waals surface area contributed by atoms with Crippen LogP contribution in [0, 0.1) is 6.92 Å². The van der Waals surface area contributed by atoms with Gasteiger partial charge in [0.05, 0.1) is 5.56 Å². The molecule has 1 aliphatic heterocycles. The van der Waals surface area contributed by atoms with E-state index in [-0.39, 0.29) is 12.1 Å². The van der Waals surface area contributed by atoms with Crippen LogP contribution >= 0.6 is 0 Å². The molecule has 0 radical (unpaired) electrons. The standard InChI is InChI=1S/C19H16N2O2/c1-13-11-12-17(23-13)18-20-16-10-6-5-9-15(16)19(22)21(18)14-7-3-2-4-8-14/h2-12,18,20H,1H3/t18-/m0/s1. The number of nitrogens with one attached hydrogen (secondary N) is 1. The van der Waals surface area contributed by atoms with Gasteiger partial charge in [0, 0.05) is 11.4 Å². The van der Waals surface area contributed by atoms with Crippen molar-refractivity contribution in [2.75, 3.05) is 10.2 Å². The van der Waals surface area contributed by atoms with Gasteiger partial charge in [0.2, 0.25) is 0 Å². The highest BCUT2D eigenvalue weighted by Gasteiger charge is 2.35. The maximum atomic E-state index is 13.1. The molecule has 0 saturated heterocycles. The van der Waals surface area contributed by atoms with E-state index in [2.05, 4.69) is 5.32 Å². The number of amides is 1. The van der Waals surface area contributed by atoms with Gasteiger partial charge < -0.3 is 9.73 Å². The van der Waals surface area contributed by atoms with E-state index in [1.165, 1.54) is 0 Å². The lowest BCUT2D eigenvalue weighted by atomic mass is 10.1. The Bertz CT molecular complexity index is 855. The molecule has 23 heavy (non-hydrogen) atoms. The summed E-state index contributed by atoms with van der Waals surface area (Å²) in [4.78, 5) is 14.8. The van der Waals surface area contributed by atoms with Crippen LogP contribution in [0.3, 0.4) is 0 Å². The van der Waals surface area contributed by atoms with Crippen LogP contribution in [0.25, 0.3) is 0 Å². The fraction of sp³-hybridized carbons (Fsp3) is 0.105. The Kier molecular flexibility index (Phi) is 3.15. The quantitative estimate of drug-likeness (QED) is 0.765. The zero-order chi connectivity index (χ0) is 15.8. The minimum atomic E-state index is -0.367. The first-order valence-corrected chi connectivity index (χ1v) is 7.54. The van der Waals surface area contributed by atoms with Crippen molar-refractivity contribution < 1.29 is 9.21 Å². The fourth-order valence-corrected chi connectivity index (χ4v) is 2.91. The van der Waals surface area contributed by atoms with E-state index in [4.69, 9.17) is 4.42 Å². The average molecular weight is 304 g/mol. The summed E-state index contributed by atoms with van der Waals surface area (Å²) in [6.07, 6.45) is -0.367.